The van der Waals surface area contributed by atoms with Crippen molar-refractivity contribution in [3.05, 3.63) is 52.8 Å². The van der Waals surface area contributed by atoms with Crippen LogP contribution in [0.15, 0.2) is 47.3 Å². The highest BCUT2D eigenvalue weighted by atomic mass is 16.2. The van der Waals surface area contributed by atoms with Crippen molar-refractivity contribution in [3.8, 4) is 11.3 Å². The Morgan fingerprint density at radius 3 is 2.50 bits per heavy atom. The van der Waals surface area contributed by atoms with Gasteiger partial charge in [-0.1, -0.05) is 30.3 Å². The number of benzene rings is 1. The molecule has 6 heteroatoms. The molecule has 0 radical (unpaired) electrons. The Kier molecular flexibility index (Phi) is 6.54. The summed E-state index contributed by atoms with van der Waals surface area (Å²) in [5.41, 5.74) is 1.60. The second-order valence-electron chi connectivity index (χ2n) is 5.40. The van der Waals surface area contributed by atoms with Gasteiger partial charge in [0, 0.05) is 37.8 Å². The quantitative estimate of drug-likeness (QED) is 0.793. The van der Waals surface area contributed by atoms with Gasteiger partial charge in [0.15, 0.2) is 0 Å². The number of hydrogen-bond donors (Lipinski definition) is 1. The van der Waals surface area contributed by atoms with Crippen molar-refractivity contribution in [1.29, 1.82) is 0 Å². The van der Waals surface area contributed by atoms with Crippen LogP contribution in [0.25, 0.3) is 11.3 Å². The first-order valence-electron chi connectivity index (χ1n) is 8.32. The van der Waals surface area contributed by atoms with Crippen molar-refractivity contribution in [2.75, 3.05) is 19.6 Å². The third-order valence-electron chi connectivity index (χ3n) is 3.81. The van der Waals surface area contributed by atoms with Crippen LogP contribution in [0.1, 0.15) is 20.3 Å². The van der Waals surface area contributed by atoms with Gasteiger partial charge in [-0.2, -0.15) is 5.10 Å². The zero-order valence-corrected chi connectivity index (χ0v) is 14.2. The molecule has 6 nitrogen and oxygen atoms in total. The van der Waals surface area contributed by atoms with Crippen molar-refractivity contribution in [3.63, 3.8) is 0 Å². The molecule has 2 amide bonds. The first kappa shape index (κ1) is 17.7. The number of aryl methyl sites for hydroxylation is 1. The number of urea groups is 1. The van der Waals surface area contributed by atoms with Gasteiger partial charge in [0.1, 0.15) is 0 Å². The van der Waals surface area contributed by atoms with Crippen molar-refractivity contribution >= 4 is 6.03 Å². The molecule has 0 fully saturated rings. The SMILES string of the molecule is CCN(CC)C(=O)NCCCn1nc(-c2ccccc2)ccc1=O. The van der Waals surface area contributed by atoms with E-state index in [4.69, 9.17) is 0 Å². The molecule has 0 bridgehead atoms. The maximum Gasteiger partial charge on any atom is 0.317 e. The summed E-state index contributed by atoms with van der Waals surface area (Å²) < 4.78 is 1.45. The summed E-state index contributed by atoms with van der Waals surface area (Å²) in [6.45, 7) is 6.24. The minimum Gasteiger partial charge on any atom is -0.338 e. The fourth-order valence-corrected chi connectivity index (χ4v) is 2.42. The van der Waals surface area contributed by atoms with Crippen LogP contribution in [0.5, 0.6) is 0 Å². The number of nitrogens with zero attached hydrogens (tertiary/aromatic N) is 3. The second kappa shape index (κ2) is 8.86. The minimum atomic E-state index is -0.134. The zero-order chi connectivity index (χ0) is 17.4. The molecule has 0 aliphatic heterocycles. The molecule has 1 N–H and O–H groups in total. The van der Waals surface area contributed by atoms with E-state index in [2.05, 4.69) is 10.4 Å². The average Bonchev–Trinajstić information content (AvgIpc) is 2.62. The molecular weight excluding hydrogens is 304 g/mol. The van der Waals surface area contributed by atoms with Crippen LogP contribution in [-0.4, -0.2) is 40.3 Å². The standard InChI is InChI=1S/C18H24N4O2/c1-3-21(4-2)18(24)19-13-8-14-22-17(23)12-11-16(20-22)15-9-6-5-7-10-15/h5-7,9-12H,3-4,8,13-14H2,1-2H3,(H,19,24). The van der Waals surface area contributed by atoms with Crippen molar-refractivity contribution in [2.24, 2.45) is 0 Å². The molecule has 2 aromatic rings. The van der Waals surface area contributed by atoms with Crippen LogP contribution >= 0.6 is 0 Å². The summed E-state index contributed by atoms with van der Waals surface area (Å²) in [7, 11) is 0. The predicted octanol–water partition coefficient (Wildman–Crippen LogP) is 2.35. The number of amides is 2. The summed E-state index contributed by atoms with van der Waals surface area (Å²) in [5.74, 6) is 0. The Hall–Kier alpha value is -2.63. The van der Waals surface area contributed by atoms with Gasteiger partial charge in [-0.25, -0.2) is 9.48 Å². The second-order valence-corrected chi connectivity index (χ2v) is 5.40. The highest BCUT2D eigenvalue weighted by Gasteiger charge is 2.08. The average molecular weight is 328 g/mol. The molecule has 1 aromatic carbocycles. The topological polar surface area (TPSA) is 67.2 Å². The van der Waals surface area contributed by atoms with Gasteiger partial charge < -0.3 is 10.2 Å². The fraction of sp³-hybridized carbons (Fsp3) is 0.389. The van der Waals surface area contributed by atoms with E-state index in [1.165, 1.54) is 10.7 Å². The Labute approximate surface area is 142 Å². The molecule has 0 spiro atoms. The van der Waals surface area contributed by atoms with Crippen LogP contribution in [0.3, 0.4) is 0 Å². The molecular formula is C18H24N4O2. The van der Waals surface area contributed by atoms with Crippen LogP contribution in [-0.2, 0) is 6.54 Å². The van der Waals surface area contributed by atoms with E-state index in [1.807, 2.05) is 44.2 Å². The predicted molar refractivity (Wildman–Crippen MR) is 94.9 cm³/mol. The molecule has 0 atom stereocenters. The number of carbonyl (C=O) groups excluding carboxylic acids is 1. The van der Waals surface area contributed by atoms with E-state index < -0.39 is 0 Å². The minimum absolute atomic E-state index is 0.0710. The maximum atomic E-state index is 11.9. The molecule has 0 aliphatic rings. The molecule has 24 heavy (non-hydrogen) atoms. The normalized spacial score (nSPS) is 10.4. The summed E-state index contributed by atoms with van der Waals surface area (Å²) in [6, 6.07) is 12.9. The summed E-state index contributed by atoms with van der Waals surface area (Å²) in [4.78, 5) is 25.5. The lowest BCUT2D eigenvalue weighted by Crippen LogP contribution is -2.40. The Morgan fingerprint density at radius 2 is 1.83 bits per heavy atom. The summed E-state index contributed by atoms with van der Waals surface area (Å²) >= 11 is 0. The van der Waals surface area contributed by atoms with Gasteiger partial charge in [0.25, 0.3) is 5.56 Å². The van der Waals surface area contributed by atoms with Crippen LogP contribution in [0.4, 0.5) is 4.79 Å². The van der Waals surface area contributed by atoms with E-state index in [1.54, 1.807) is 11.0 Å². The van der Waals surface area contributed by atoms with E-state index in [0.717, 1.165) is 11.3 Å². The lowest BCUT2D eigenvalue weighted by molar-refractivity contribution is 0.203. The lowest BCUT2D eigenvalue weighted by atomic mass is 10.1. The van der Waals surface area contributed by atoms with Crippen LogP contribution in [0.2, 0.25) is 0 Å². The first-order chi connectivity index (χ1) is 11.7. The van der Waals surface area contributed by atoms with E-state index in [9.17, 15) is 9.59 Å². The van der Waals surface area contributed by atoms with Crippen LogP contribution < -0.4 is 10.9 Å². The molecule has 128 valence electrons. The summed E-state index contributed by atoms with van der Waals surface area (Å²) in [6.07, 6.45) is 0.651. The highest BCUT2D eigenvalue weighted by molar-refractivity contribution is 5.73. The Morgan fingerprint density at radius 1 is 1.12 bits per heavy atom. The van der Waals surface area contributed by atoms with Crippen LogP contribution in [0, 0.1) is 0 Å². The van der Waals surface area contributed by atoms with Gasteiger partial charge in [0.05, 0.1) is 5.69 Å². The smallest absolute Gasteiger partial charge is 0.317 e. The maximum absolute atomic E-state index is 11.9. The van der Waals surface area contributed by atoms with Gasteiger partial charge in [-0.05, 0) is 26.3 Å². The van der Waals surface area contributed by atoms with Crippen molar-refractivity contribution < 1.29 is 4.79 Å². The molecule has 0 saturated heterocycles. The van der Waals surface area contributed by atoms with Gasteiger partial charge in [0.2, 0.25) is 0 Å². The zero-order valence-electron chi connectivity index (χ0n) is 14.2. The third-order valence-corrected chi connectivity index (χ3v) is 3.81. The molecule has 1 heterocycles. The van der Waals surface area contributed by atoms with E-state index >= 15 is 0 Å². The number of aromatic nitrogens is 2. The fourth-order valence-electron chi connectivity index (χ4n) is 2.42. The third kappa shape index (κ3) is 4.68. The molecule has 0 saturated carbocycles. The van der Waals surface area contributed by atoms with E-state index in [-0.39, 0.29) is 11.6 Å². The number of carbonyl (C=O) groups is 1. The Bertz CT molecular complexity index is 708. The van der Waals surface area contributed by atoms with Crippen molar-refractivity contribution in [1.82, 2.24) is 20.0 Å². The molecule has 0 unspecified atom stereocenters. The summed E-state index contributed by atoms with van der Waals surface area (Å²) in [5, 5.41) is 7.27. The highest BCUT2D eigenvalue weighted by Crippen LogP contribution is 2.13. The number of hydrogen-bond acceptors (Lipinski definition) is 3. The van der Waals surface area contributed by atoms with E-state index in [0.29, 0.717) is 32.6 Å². The van der Waals surface area contributed by atoms with Gasteiger partial charge >= 0.3 is 6.03 Å². The molecule has 2 rings (SSSR count). The first-order valence-corrected chi connectivity index (χ1v) is 8.32. The number of nitrogens with one attached hydrogen (secondary N) is 1. The lowest BCUT2D eigenvalue weighted by Gasteiger charge is -2.19. The monoisotopic (exact) mass is 328 g/mol. The van der Waals surface area contributed by atoms with Gasteiger partial charge in [-0.3, -0.25) is 4.79 Å². The molecule has 0 aliphatic carbocycles. The molecule has 1 aromatic heterocycles. The van der Waals surface area contributed by atoms with Gasteiger partial charge in [-0.15, -0.1) is 0 Å². The van der Waals surface area contributed by atoms with Crippen molar-refractivity contribution in [2.45, 2.75) is 26.8 Å². The number of rotatable bonds is 7. The largest absolute Gasteiger partial charge is 0.338 e. The Balaban J connectivity index is 1.93.